The zero-order valence-electron chi connectivity index (χ0n) is 17.1. The van der Waals surface area contributed by atoms with E-state index in [0.717, 1.165) is 38.1 Å². The molecule has 1 amide bonds. The number of benzene rings is 1. The van der Waals surface area contributed by atoms with Gasteiger partial charge in [0, 0.05) is 37.8 Å². The van der Waals surface area contributed by atoms with Crippen molar-refractivity contribution in [2.45, 2.75) is 51.9 Å². The molecule has 0 atom stereocenters. The molecule has 4 nitrogen and oxygen atoms in total. The van der Waals surface area contributed by atoms with Gasteiger partial charge >= 0.3 is 6.18 Å². The Bertz CT molecular complexity index is 853. The third-order valence-electron chi connectivity index (χ3n) is 5.55. The van der Waals surface area contributed by atoms with Crippen LogP contribution in [0.15, 0.2) is 24.3 Å². The zero-order chi connectivity index (χ0) is 21.3. The van der Waals surface area contributed by atoms with Crippen molar-refractivity contribution in [2.24, 2.45) is 0 Å². The molecule has 0 spiro atoms. The van der Waals surface area contributed by atoms with Gasteiger partial charge in [0.15, 0.2) is 0 Å². The number of likely N-dealkylation sites (tertiary alicyclic amines) is 1. The lowest BCUT2D eigenvalue weighted by Crippen LogP contribution is -2.47. The topological polar surface area (TPSA) is 36.4 Å². The van der Waals surface area contributed by atoms with E-state index in [9.17, 15) is 18.0 Å². The van der Waals surface area contributed by atoms with Crippen LogP contribution in [0.2, 0.25) is 0 Å². The molecule has 1 aliphatic heterocycles. The first-order valence-corrected chi connectivity index (χ1v) is 10.6. The van der Waals surface area contributed by atoms with Crippen molar-refractivity contribution in [1.29, 1.82) is 0 Å². The van der Waals surface area contributed by atoms with Crippen LogP contribution >= 0.6 is 11.3 Å². The van der Waals surface area contributed by atoms with Gasteiger partial charge in [-0.1, -0.05) is 12.1 Å². The maximum absolute atomic E-state index is 13.0. The second-order valence-electron chi connectivity index (χ2n) is 7.79. The summed E-state index contributed by atoms with van der Waals surface area (Å²) in [5, 5.41) is 0.558. The summed E-state index contributed by atoms with van der Waals surface area (Å²) in [6.45, 7) is 8.07. The molecule has 0 unspecified atom stereocenters. The molecule has 1 saturated heterocycles. The van der Waals surface area contributed by atoms with Crippen molar-refractivity contribution >= 4 is 17.2 Å². The van der Waals surface area contributed by atoms with Crippen LogP contribution < -0.4 is 0 Å². The number of aromatic nitrogens is 1. The minimum absolute atomic E-state index is 0.0684. The fourth-order valence-electron chi connectivity index (χ4n) is 3.64. The molecular weight excluding hydrogens is 399 g/mol. The standard InChI is InChI=1S/C21H26F3N3OS/c1-13(2)27-11-9-17(10-12-27)26(4)20(28)18-14(3)25-19(29-18)15-5-7-16(8-6-15)21(22,23)24/h5-8,13,17H,9-12H2,1-4H3. The molecule has 0 N–H and O–H groups in total. The number of halogens is 3. The first-order chi connectivity index (χ1) is 13.6. The Morgan fingerprint density at radius 3 is 2.31 bits per heavy atom. The van der Waals surface area contributed by atoms with E-state index < -0.39 is 11.7 Å². The summed E-state index contributed by atoms with van der Waals surface area (Å²) in [4.78, 5) is 22.2. The summed E-state index contributed by atoms with van der Waals surface area (Å²) >= 11 is 1.24. The average Bonchev–Trinajstić information content (AvgIpc) is 3.08. The average molecular weight is 426 g/mol. The Balaban J connectivity index is 1.73. The number of nitrogens with zero attached hydrogens (tertiary/aromatic N) is 3. The number of hydrogen-bond donors (Lipinski definition) is 0. The lowest BCUT2D eigenvalue weighted by Gasteiger charge is -2.38. The number of aryl methyl sites for hydroxylation is 1. The van der Waals surface area contributed by atoms with Crippen molar-refractivity contribution in [3.05, 3.63) is 40.4 Å². The summed E-state index contributed by atoms with van der Waals surface area (Å²) in [5.74, 6) is -0.0684. The predicted molar refractivity (Wildman–Crippen MR) is 109 cm³/mol. The van der Waals surface area contributed by atoms with Crippen molar-refractivity contribution < 1.29 is 18.0 Å². The molecule has 0 saturated carbocycles. The summed E-state index contributed by atoms with van der Waals surface area (Å²) in [7, 11) is 1.83. The van der Waals surface area contributed by atoms with Crippen LogP contribution in [-0.2, 0) is 6.18 Å². The van der Waals surface area contributed by atoms with Crippen LogP contribution in [0.4, 0.5) is 13.2 Å². The highest BCUT2D eigenvalue weighted by molar-refractivity contribution is 7.17. The number of rotatable bonds is 4. The smallest absolute Gasteiger partial charge is 0.338 e. The van der Waals surface area contributed by atoms with Gasteiger partial charge < -0.3 is 9.80 Å². The number of alkyl halides is 3. The van der Waals surface area contributed by atoms with E-state index in [0.29, 0.717) is 27.2 Å². The minimum Gasteiger partial charge on any atom is -0.338 e. The molecule has 8 heteroatoms. The van der Waals surface area contributed by atoms with Crippen molar-refractivity contribution in [2.75, 3.05) is 20.1 Å². The van der Waals surface area contributed by atoms with Gasteiger partial charge in [-0.2, -0.15) is 13.2 Å². The maximum Gasteiger partial charge on any atom is 0.416 e. The van der Waals surface area contributed by atoms with E-state index in [4.69, 9.17) is 0 Å². The fraction of sp³-hybridized carbons (Fsp3) is 0.524. The molecule has 29 heavy (non-hydrogen) atoms. The largest absolute Gasteiger partial charge is 0.416 e. The van der Waals surface area contributed by atoms with Gasteiger partial charge in [0.25, 0.3) is 5.91 Å². The molecule has 1 fully saturated rings. The summed E-state index contributed by atoms with van der Waals surface area (Å²) < 4.78 is 38.3. The number of carbonyl (C=O) groups is 1. The summed E-state index contributed by atoms with van der Waals surface area (Å²) in [6.07, 6.45) is -2.50. The van der Waals surface area contributed by atoms with Gasteiger partial charge in [0.1, 0.15) is 9.88 Å². The van der Waals surface area contributed by atoms with Gasteiger partial charge in [-0.25, -0.2) is 4.98 Å². The van der Waals surface area contributed by atoms with Crippen molar-refractivity contribution in [1.82, 2.24) is 14.8 Å². The quantitative estimate of drug-likeness (QED) is 0.685. The van der Waals surface area contributed by atoms with Crippen LogP contribution in [-0.4, -0.2) is 52.9 Å². The molecule has 1 aromatic heterocycles. The molecular formula is C21H26F3N3OS. The molecule has 1 aliphatic rings. The molecule has 158 valence electrons. The number of piperidine rings is 1. The molecule has 1 aromatic carbocycles. The van der Waals surface area contributed by atoms with Crippen molar-refractivity contribution in [3.8, 4) is 10.6 Å². The minimum atomic E-state index is -4.37. The Kier molecular flexibility index (Phi) is 6.33. The fourth-order valence-corrected chi connectivity index (χ4v) is 4.69. The van der Waals surface area contributed by atoms with Crippen LogP contribution in [0.3, 0.4) is 0 Å². The Morgan fingerprint density at radius 2 is 1.79 bits per heavy atom. The Hall–Kier alpha value is -1.93. The lowest BCUT2D eigenvalue weighted by atomic mass is 10.0. The van der Waals surface area contributed by atoms with Gasteiger partial charge in [-0.15, -0.1) is 11.3 Å². The van der Waals surface area contributed by atoms with E-state index >= 15 is 0 Å². The molecule has 0 bridgehead atoms. The number of amides is 1. The number of hydrogen-bond acceptors (Lipinski definition) is 4. The number of thiazole rings is 1. The highest BCUT2D eigenvalue weighted by Crippen LogP contribution is 2.33. The monoisotopic (exact) mass is 425 g/mol. The first kappa shape index (κ1) is 21.8. The Labute approximate surface area is 173 Å². The van der Waals surface area contributed by atoms with Crippen molar-refractivity contribution in [3.63, 3.8) is 0 Å². The highest BCUT2D eigenvalue weighted by Gasteiger charge is 2.31. The molecule has 0 radical (unpaired) electrons. The van der Waals surface area contributed by atoms with Gasteiger partial charge in [0.2, 0.25) is 0 Å². The third-order valence-corrected chi connectivity index (χ3v) is 6.74. The molecule has 3 rings (SSSR count). The normalized spacial score (nSPS) is 16.4. The van der Waals surface area contributed by atoms with Crippen LogP contribution in [0, 0.1) is 6.92 Å². The highest BCUT2D eigenvalue weighted by atomic mass is 32.1. The maximum atomic E-state index is 13.0. The summed E-state index contributed by atoms with van der Waals surface area (Å²) in [6, 6.07) is 5.59. The zero-order valence-corrected chi connectivity index (χ0v) is 17.9. The lowest BCUT2D eigenvalue weighted by molar-refractivity contribution is -0.137. The van der Waals surface area contributed by atoms with E-state index in [1.807, 2.05) is 7.05 Å². The molecule has 2 aromatic rings. The SMILES string of the molecule is Cc1nc(-c2ccc(C(F)(F)F)cc2)sc1C(=O)N(C)C1CCN(C(C)C)CC1. The Morgan fingerprint density at radius 1 is 1.21 bits per heavy atom. The first-order valence-electron chi connectivity index (χ1n) is 9.74. The van der Waals surface area contributed by atoms with E-state index in [-0.39, 0.29) is 11.9 Å². The second-order valence-corrected chi connectivity index (χ2v) is 8.78. The predicted octanol–water partition coefficient (Wildman–Crippen LogP) is 5.08. The van der Waals surface area contributed by atoms with Crippen LogP contribution in [0.1, 0.15) is 47.6 Å². The van der Waals surface area contributed by atoms with Gasteiger partial charge in [-0.3, -0.25) is 4.79 Å². The van der Waals surface area contributed by atoms with Gasteiger partial charge in [0.05, 0.1) is 11.3 Å². The van der Waals surface area contributed by atoms with Crippen LogP contribution in [0.5, 0.6) is 0 Å². The van der Waals surface area contributed by atoms with E-state index in [2.05, 4.69) is 23.7 Å². The number of carbonyl (C=O) groups excluding carboxylic acids is 1. The second kappa shape index (κ2) is 8.44. The third kappa shape index (κ3) is 4.80. The molecule has 0 aliphatic carbocycles. The van der Waals surface area contributed by atoms with Crippen LogP contribution in [0.25, 0.3) is 10.6 Å². The van der Waals surface area contributed by atoms with E-state index in [1.54, 1.807) is 11.8 Å². The molecule has 2 heterocycles. The van der Waals surface area contributed by atoms with Gasteiger partial charge in [-0.05, 0) is 45.7 Å². The summed E-state index contributed by atoms with van der Waals surface area (Å²) in [5.41, 5.74) is 0.498. The van der Waals surface area contributed by atoms with E-state index in [1.165, 1.54) is 23.5 Å².